The molecule has 0 aromatic carbocycles. The van der Waals surface area contributed by atoms with Gasteiger partial charge in [-0.2, -0.15) is 0 Å². The predicted octanol–water partition coefficient (Wildman–Crippen LogP) is 1.59. The van der Waals surface area contributed by atoms with Gasteiger partial charge in [0.05, 0.1) is 37.2 Å². The topological polar surface area (TPSA) is 123 Å². The van der Waals surface area contributed by atoms with Gasteiger partial charge in [-0.1, -0.05) is 0 Å². The summed E-state index contributed by atoms with van der Waals surface area (Å²) in [4.78, 5) is 27.5. The highest BCUT2D eigenvalue weighted by Gasteiger charge is 2.34. The highest BCUT2D eigenvalue weighted by atomic mass is 31.1. The molecular weight excluding hydrogens is 441 g/mol. The van der Waals surface area contributed by atoms with Crippen LogP contribution in [0.4, 0.5) is 0 Å². The number of Topliss-reactive ketones (excluding diaryl/α,β-unsaturated/α-hetero) is 1. The van der Waals surface area contributed by atoms with E-state index in [-0.39, 0.29) is 17.3 Å². The van der Waals surface area contributed by atoms with Crippen LogP contribution in [0.5, 0.6) is 0 Å². The average Bonchev–Trinajstić information content (AvgIpc) is 2.71. The van der Waals surface area contributed by atoms with E-state index in [2.05, 4.69) is 12.0 Å². The zero-order chi connectivity index (χ0) is 25.9. The fraction of sp³-hybridized carbons (Fsp3) is 0.913. The third-order valence-corrected chi connectivity index (χ3v) is 7.80. The molecule has 0 radical (unpaired) electrons. The van der Waals surface area contributed by atoms with Crippen molar-refractivity contribution in [3.05, 3.63) is 0 Å². The number of amides is 1. The minimum Gasteiger partial charge on any atom is -0.374 e. The Hall–Kier alpha value is -0.670. The Balaban J connectivity index is 4.71. The van der Waals surface area contributed by atoms with E-state index in [4.69, 9.17) is 20.9 Å². The Bertz CT molecular complexity index is 601. The molecule has 0 heterocycles. The number of nitrogens with two attached hydrogens (primary N) is 2. The summed E-state index contributed by atoms with van der Waals surface area (Å²) in [5.74, 6) is 0.0366. The summed E-state index contributed by atoms with van der Waals surface area (Å²) in [6.07, 6.45) is 2.04. The summed E-state index contributed by atoms with van der Waals surface area (Å²) >= 11 is 0. The molecule has 196 valence electrons. The van der Waals surface area contributed by atoms with Crippen LogP contribution in [-0.2, 0) is 19.1 Å². The molecule has 33 heavy (non-hydrogen) atoms. The van der Waals surface area contributed by atoms with E-state index in [9.17, 15) is 9.59 Å². The van der Waals surface area contributed by atoms with Crippen molar-refractivity contribution in [3.8, 4) is 0 Å². The van der Waals surface area contributed by atoms with Gasteiger partial charge in [0, 0.05) is 13.6 Å². The van der Waals surface area contributed by atoms with Crippen LogP contribution >= 0.6 is 8.07 Å². The quantitative estimate of drug-likeness (QED) is 0.195. The molecule has 5 N–H and O–H groups in total. The number of carbonyl (C=O) groups excluding carboxylic acids is 2. The fourth-order valence-corrected chi connectivity index (χ4v) is 4.42. The van der Waals surface area contributed by atoms with E-state index in [0.29, 0.717) is 52.1 Å². The zero-order valence-corrected chi connectivity index (χ0v) is 23.4. The lowest BCUT2D eigenvalue weighted by Gasteiger charge is -2.35. The Kier molecular flexibility index (Phi) is 14.4. The molecule has 1 unspecified atom stereocenters. The Labute approximate surface area is 203 Å². The van der Waals surface area contributed by atoms with E-state index in [1.54, 1.807) is 25.8 Å². The molecule has 0 saturated heterocycles. The first kappa shape index (κ1) is 32.3. The van der Waals surface area contributed by atoms with Crippen molar-refractivity contribution >= 4 is 19.8 Å². The Morgan fingerprint density at radius 3 is 2.12 bits per heavy atom. The number of nitrogens with one attached hydrogen (secondary N) is 1. The predicted molar refractivity (Wildman–Crippen MR) is 138 cm³/mol. The molecular formula is C23H50N5O4P. The summed E-state index contributed by atoms with van der Waals surface area (Å²) in [7, 11) is 3.01. The van der Waals surface area contributed by atoms with E-state index >= 15 is 0 Å². The minimum atomic E-state index is -0.946. The van der Waals surface area contributed by atoms with Gasteiger partial charge < -0.3 is 31.2 Å². The van der Waals surface area contributed by atoms with Gasteiger partial charge >= 0.3 is 0 Å². The Morgan fingerprint density at radius 1 is 0.970 bits per heavy atom. The van der Waals surface area contributed by atoms with Crippen molar-refractivity contribution in [2.45, 2.75) is 71.1 Å². The van der Waals surface area contributed by atoms with Crippen LogP contribution in [0.15, 0.2) is 0 Å². The smallest absolute Gasteiger partial charge is 0.254 e. The monoisotopic (exact) mass is 491 g/mol. The molecule has 10 heteroatoms. The second-order valence-corrected chi connectivity index (χ2v) is 12.5. The first-order valence-corrected chi connectivity index (χ1v) is 13.7. The maximum atomic E-state index is 13.0. The van der Waals surface area contributed by atoms with Gasteiger partial charge in [-0.3, -0.25) is 14.3 Å². The lowest BCUT2D eigenvalue weighted by molar-refractivity contribution is -0.154. The lowest BCUT2D eigenvalue weighted by Crippen LogP contribution is -2.50. The van der Waals surface area contributed by atoms with E-state index in [1.807, 2.05) is 39.4 Å². The second kappa shape index (κ2) is 14.7. The lowest BCUT2D eigenvalue weighted by atomic mass is 9.99. The second-order valence-electron chi connectivity index (χ2n) is 10.2. The molecule has 0 aliphatic heterocycles. The van der Waals surface area contributed by atoms with Crippen LogP contribution in [-0.4, -0.2) is 104 Å². The molecule has 1 amide bonds. The van der Waals surface area contributed by atoms with Crippen LogP contribution < -0.4 is 16.8 Å². The van der Waals surface area contributed by atoms with Crippen LogP contribution in [0.1, 0.15) is 54.4 Å². The van der Waals surface area contributed by atoms with Crippen molar-refractivity contribution in [1.82, 2.24) is 14.9 Å². The highest BCUT2D eigenvalue weighted by Crippen LogP contribution is 2.35. The van der Waals surface area contributed by atoms with Crippen LogP contribution in [0.25, 0.3) is 0 Å². The molecule has 0 fully saturated rings. The average molecular weight is 492 g/mol. The normalized spacial score (nSPS) is 13.9. The number of ketones is 1. The maximum absolute atomic E-state index is 13.0. The number of carbonyl (C=O) groups is 2. The standard InChI is InChI=1S/C23H50N5O4P/c1-21(2,31-16-13-25)11-15-32-23(5,6)20(30)27(7)18-33(9)28(8)17-19(29)22(3,4)26-14-10-12-24/h26H,10-18,24-25H2,1-9H3. The summed E-state index contributed by atoms with van der Waals surface area (Å²) < 4.78 is 13.7. The maximum Gasteiger partial charge on any atom is 0.254 e. The van der Waals surface area contributed by atoms with Crippen LogP contribution in [0.2, 0.25) is 0 Å². The van der Waals surface area contributed by atoms with E-state index < -0.39 is 19.2 Å². The van der Waals surface area contributed by atoms with Gasteiger partial charge in [0.1, 0.15) is 5.60 Å². The van der Waals surface area contributed by atoms with Crippen LogP contribution in [0, 0.1) is 0 Å². The number of likely N-dealkylation sites (N-methyl/N-ethyl adjacent to an activating group) is 2. The molecule has 0 aliphatic carbocycles. The first-order chi connectivity index (χ1) is 15.1. The molecule has 0 saturated carbocycles. The minimum absolute atomic E-state index is 0.0824. The zero-order valence-electron chi connectivity index (χ0n) is 22.5. The van der Waals surface area contributed by atoms with Crippen molar-refractivity contribution in [1.29, 1.82) is 0 Å². The molecule has 0 rings (SSSR count). The van der Waals surface area contributed by atoms with Gasteiger partial charge in [0.25, 0.3) is 5.91 Å². The highest BCUT2D eigenvalue weighted by molar-refractivity contribution is 7.54. The molecule has 0 aromatic heterocycles. The van der Waals surface area contributed by atoms with Gasteiger partial charge in [-0.25, -0.2) is 0 Å². The SMILES string of the molecule is CN(CP(C)N(C)CC(=O)C(C)(C)NCCCN)C(=O)C(C)(C)OCCC(C)(C)OCCN. The number of rotatable bonds is 18. The number of hydrogen-bond acceptors (Lipinski definition) is 8. The fourth-order valence-electron chi connectivity index (χ4n) is 3.09. The summed E-state index contributed by atoms with van der Waals surface area (Å²) in [6.45, 7) is 16.4. The molecule has 0 aliphatic rings. The van der Waals surface area contributed by atoms with Gasteiger partial charge in [0.2, 0.25) is 0 Å². The van der Waals surface area contributed by atoms with Crippen molar-refractivity contribution in [3.63, 3.8) is 0 Å². The Morgan fingerprint density at radius 2 is 1.58 bits per heavy atom. The van der Waals surface area contributed by atoms with Crippen molar-refractivity contribution in [2.75, 3.05) is 66.4 Å². The van der Waals surface area contributed by atoms with Crippen LogP contribution in [0.3, 0.4) is 0 Å². The van der Waals surface area contributed by atoms with Crippen molar-refractivity contribution in [2.24, 2.45) is 11.5 Å². The van der Waals surface area contributed by atoms with E-state index in [1.165, 1.54) is 0 Å². The number of ether oxygens (including phenoxy) is 2. The largest absolute Gasteiger partial charge is 0.374 e. The van der Waals surface area contributed by atoms with Gasteiger partial charge in [-0.15, -0.1) is 0 Å². The van der Waals surface area contributed by atoms with Crippen molar-refractivity contribution < 1.29 is 19.1 Å². The molecule has 9 nitrogen and oxygen atoms in total. The summed E-state index contributed by atoms with van der Waals surface area (Å²) in [5, 5.41) is 3.28. The van der Waals surface area contributed by atoms with Gasteiger partial charge in [0.15, 0.2) is 5.78 Å². The third-order valence-electron chi connectivity index (χ3n) is 5.66. The molecule has 1 atom stereocenters. The summed E-state index contributed by atoms with van der Waals surface area (Å²) in [6, 6.07) is 0. The molecule has 0 spiro atoms. The van der Waals surface area contributed by atoms with Gasteiger partial charge in [-0.05, 0) is 89.3 Å². The first-order valence-electron chi connectivity index (χ1n) is 11.7. The summed E-state index contributed by atoms with van der Waals surface area (Å²) in [5.41, 5.74) is 9.13. The van der Waals surface area contributed by atoms with E-state index in [0.717, 1.165) is 6.42 Å². The molecule has 0 aromatic rings. The number of nitrogens with zero attached hydrogens (tertiary/aromatic N) is 2. The third kappa shape index (κ3) is 12.6. The molecule has 0 bridgehead atoms. The number of hydrogen-bond donors (Lipinski definition) is 3.